The van der Waals surface area contributed by atoms with E-state index in [1.807, 2.05) is 20.8 Å². The average Bonchev–Trinajstić information content (AvgIpc) is 1.65. The van der Waals surface area contributed by atoms with Gasteiger partial charge in [0.05, 0.1) is 5.88 Å². The zero-order valence-corrected chi connectivity index (χ0v) is 6.37. The Labute approximate surface area is 55.8 Å². The van der Waals surface area contributed by atoms with Crippen molar-refractivity contribution in [3.63, 3.8) is 0 Å². The molecular weight excluding hydrogens is 122 g/mol. The van der Waals surface area contributed by atoms with Crippen LogP contribution in [0.15, 0.2) is 4.99 Å². The van der Waals surface area contributed by atoms with E-state index in [9.17, 15) is 0 Å². The highest BCUT2D eigenvalue weighted by molar-refractivity contribution is 6.28. The molecule has 0 heterocycles. The van der Waals surface area contributed by atoms with Crippen molar-refractivity contribution in [1.29, 1.82) is 0 Å². The second-order valence-corrected chi connectivity index (χ2v) is 2.36. The van der Waals surface area contributed by atoms with E-state index in [4.69, 9.17) is 11.6 Å². The Hall–Kier alpha value is -0.0400. The van der Waals surface area contributed by atoms with E-state index >= 15 is 0 Å². The standard InChI is InChI=1S/C6H12ClN/c1-5(2)8-6(3)4-7/h5H,4H2,1-3H3. The first-order valence-electron chi connectivity index (χ1n) is 2.76. The third kappa shape index (κ3) is 4.13. The molecule has 0 saturated carbocycles. The van der Waals surface area contributed by atoms with Gasteiger partial charge in [0.2, 0.25) is 0 Å². The van der Waals surface area contributed by atoms with Crippen LogP contribution >= 0.6 is 11.6 Å². The summed E-state index contributed by atoms with van der Waals surface area (Å²) in [5.74, 6) is 0.554. The predicted octanol–water partition coefficient (Wildman–Crippen LogP) is 2.09. The number of halogens is 1. The third-order valence-electron chi connectivity index (χ3n) is 0.672. The van der Waals surface area contributed by atoms with E-state index in [0.29, 0.717) is 11.9 Å². The van der Waals surface area contributed by atoms with Crippen LogP contribution in [0.2, 0.25) is 0 Å². The van der Waals surface area contributed by atoms with Gasteiger partial charge in [0.25, 0.3) is 0 Å². The summed E-state index contributed by atoms with van der Waals surface area (Å²) in [6.07, 6.45) is 0. The highest BCUT2D eigenvalue weighted by Gasteiger charge is 1.88. The minimum Gasteiger partial charge on any atom is -0.290 e. The Balaban J connectivity index is 3.56. The molecule has 0 atom stereocenters. The number of rotatable bonds is 2. The highest BCUT2D eigenvalue weighted by Crippen LogP contribution is 1.89. The first kappa shape index (κ1) is 7.96. The van der Waals surface area contributed by atoms with Crippen molar-refractivity contribution in [3.05, 3.63) is 0 Å². The Bertz CT molecular complexity index is 86.5. The second-order valence-electron chi connectivity index (χ2n) is 2.09. The van der Waals surface area contributed by atoms with Crippen LogP contribution in [0.25, 0.3) is 0 Å². The van der Waals surface area contributed by atoms with Crippen molar-refractivity contribution in [1.82, 2.24) is 0 Å². The molecule has 0 N–H and O–H groups in total. The van der Waals surface area contributed by atoms with Crippen LogP contribution in [-0.4, -0.2) is 17.6 Å². The summed E-state index contributed by atoms with van der Waals surface area (Å²) in [4.78, 5) is 4.18. The van der Waals surface area contributed by atoms with Gasteiger partial charge in [-0.15, -0.1) is 11.6 Å². The Morgan fingerprint density at radius 1 is 1.62 bits per heavy atom. The zero-order chi connectivity index (χ0) is 6.57. The van der Waals surface area contributed by atoms with Crippen LogP contribution in [0.1, 0.15) is 20.8 Å². The van der Waals surface area contributed by atoms with Crippen LogP contribution in [0, 0.1) is 0 Å². The number of aliphatic imine (C=N–C) groups is 1. The normalized spacial score (nSPS) is 12.9. The van der Waals surface area contributed by atoms with Gasteiger partial charge in [-0.1, -0.05) is 0 Å². The van der Waals surface area contributed by atoms with E-state index in [1.165, 1.54) is 0 Å². The summed E-state index contributed by atoms with van der Waals surface area (Å²) in [6, 6.07) is 0.383. The topological polar surface area (TPSA) is 12.4 Å². The average molecular weight is 134 g/mol. The van der Waals surface area contributed by atoms with Gasteiger partial charge in [0.15, 0.2) is 0 Å². The summed E-state index contributed by atoms with van der Waals surface area (Å²) >= 11 is 5.47. The molecule has 0 aliphatic rings. The van der Waals surface area contributed by atoms with Gasteiger partial charge in [-0.05, 0) is 20.8 Å². The van der Waals surface area contributed by atoms with Crippen molar-refractivity contribution in [2.24, 2.45) is 4.99 Å². The molecule has 0 spiro atoms. The SMILES string of the molecule is CC(CCl)=NC(C)C. The molecular formula is C6H12ClN. The van der Waals surface area contributed by atoms with Crippen LogP contribution in [-0.2, 0) is 0 Å². The molecule has 0 radical (unpaired) electrons. The summed E-state index contributed by atoms with van der Waals surface area (Å²) in [7, 11) is 0. The lowest BCUT2D eigenvalue weighted by Gasteiger charge is -1.96. The number of nitrogens with zero attached hydrogens (tertiary/aromatic N) is 1. The molecule has 1 nitrogen and oxygen atoms in total. The van der Waals surface area contributed by atoms with Crippen LogP contribution in [0.4, 0.5) is 0 Å². The summed E-state index contributed by atoms with van der Waals surface area (Å²) < 4.78 is 0. The molecule has 0 amide bonds. The molecule has 48 valence electrons. The molecule has 0 fully saturated rings. The van der Waals surface area contributed by atoms with Gasteiger partial charge < -0.3 is 0 Å². The molecule has 0 aliphatic heterocycles. The van der Waals surface area contributed by atoms with Gasteiger partial charge in [-0.2, -0.15) is 0 Å². The zero-order valence-electron chi connectivity index (χ0n) is 5.61. The van der Waals surface area contributed by atoms with E-state index in [-0.39, 0.29) is 0 Å². The maximum atomic E-state index is 5.47. The smallest absolute Gasteiger partial charge is 0.0600 e. The van der Waals surface area contributed by atoms with Crippen molar-refractivity contribution < 1.29 is 0 Å². The fourth-order valence-corrected chi connectivity index (χ4v) is 0.544. The lowest BCUT2D eigenvalue weighted by atomic mass is 10.4. The maximum Gasteiger partial charge on any atom is 0.0600 e. The van der Waals surface area contributed by atoms with Crippen LogP contribution < -0.4 is 0 Å². The van der Waals surface area contributed by atoms with E-state index in [2.05, 4.69) is 4.99 Å². The molecule has 0 saturated heterocycles. The Kier molecular flexibility index (Phi) is 3.88. The van der Waals surface area contributed by atoms with E-state index in [0.717, 1.165) is 5.71 Å². The number of hydrogen-bond donors (Lipinski definition) is 0. The number of hydrogen-bond acceptors (Lipinski definition) is 1. The number of alkyl halides is 1. The molecule has 0 unspecified atom stereocenters. The summed E-state index contributed by atoms with van der Waals surface area (Å²) in [5.41, 5.74) is 1.02. The lowest BCUT2D eigenvalue weighted by molar-refractivity contribution is 0.834. The Morgan fingerprint density at radius 2 is 2.12 bits per heavy atom. The fourth-order valence-electron chi connectivity index (χ4n) is 0.475. The highest BCUT2D eigenvalue weighted by atomic mass is 35.5. The summed E-state index contributed by atoms with van der Waals surface area (Å²) in [6.45, 7) is 6.01. The molecule has 0 aromatic heterocycles. The minimum absolute atomic E-state index is 0.383. The van der Waals surface area contributed by atoms with Crippen molar-refractivity contribution in [2.45, 2.75) is 26.8 Å². The van der Waals surface area contributed by atoms with Gasteiger partial charge in [0, 0.05) is 11.8 Å². The molecule has 0 bridgehead atoms. The molecule has 0 rings (SSSR count). The predicted molar refractivity (Wildman–Crippen MR) is 39.0 cm³/mol. The molecule has 8 heavy (non-hydrogen) atoms. The van der Waals surface area contributed by atoms with Crippen molar-refractivity contribution in [2.75, 3.05) is 5.88 Å². The summed E-state index contributed by atoms with van der Waals surface area (Å²) in [5, 5.41) is 0. The van der Waals surface area contributed by atoms with Gasteiger partial charge in [-0.3, -0.25) is 4.99 Å². The first-order valence-corrected chi connectivity index (χ1v) is 3.29. The second kappa shape index (κ2) is 3.90. The van der Waals surface area contributed by atoms with E-state index < -0.39 is 0 Å². The van der Waals surface area contributed by atoms with Gasteiger partial charge in [0.1, 0.15) is 0 Å². The third-order valence-corrected chi connectivity index (χ3v) is 1.06. The molecule has 0 aromatic rings. The van der Waals surface area contributed by atoms with Gasteiger partial charge in [-0.25, -0.2) is 0 Å². The monoisotopic (exact) mass is 133 g/mol. The molecule has 0 aromatic carbocycles. The van der Waals surface area contributed by atoms with Crippen LogP contribution in [0.3, 0.4) is 0 Å². The fraction of sp³-hybridized carbons (Fsp3) is 0.833. The van der Waals surface area contributed by atoms with E-state index in [1.54, 1.807) is 0 Å². The largest absolute Gasteiger partial charge is 0.290 e. The minimum atomic E-state index is 0.383. The van der Waals surface area contributed by atoms with Gasteiger partial charge >= 0.3 is 0 Å². The lowest BCUT2D eigenvalue weighted by Crippen LogP contribution is -1.98. The molecule has 2 heteroatoms. The quantitative estimate of drug-likeness (QED) is 0.404. The maximum absolute atomic E-state index is 5.47. The van der Waals surface area contributed by atoms with Crippen molar-refractivity contribution in [3.8, 4) is 0 Å². The molecule has 0 aliphatic carbocycles. The van der Waals surface area contributed by atoms with Crippen molar-refractivity contribution >= 4 is 17.3 Å². The first-order chi connectivity index (χ1) is 3.66. The van der Waals surface area contributed by atoms with Crippen LogP contribution in [0.5, 0.6) is 0 Å². The Morgan fingerprint density at radius 3 is 2.25 bits per heavy atom.